The third-order valence-corrected chi connectivity index (χ3v) is 6.12. The zero-order valence-corrected chi connectivity index (χ0v) is 19.2. The maximum absolute atomic E-state index is 6.16. The van der Waals surface area contributed by atoms with E-state index in [2.05, 4.69) is 40.6 Å². The predicted molar refractivity (Wildman–Crippen MR) is 120 cm³/mol. The molecule has 2 aromatic rings. The van der Waals surface area contributed by atoms with Gasteiger partial charge >= 0.3 is 6.01 Å². The van der Waals surface area contributed by atoms with Crippen molar-refractivity contribution in [1.29, 1.82) is 0 Å². The number of nitrogens with two attached hydrogens (primary N) is 1. The monoisotopic (exact) mass is 418 g/mol. The van der Waals surface area contributed by atoms with Crippen LogP contribution < -0.4 is 15.2 Å². The number of anilines is 1. The minimum absolute atomic E-state index is 0.0434. The number of methoxy groups -OCH3 is 1. The molecule has 2 N–H and O–H groups in total. The van der Waals surface area contributed by atoms with E-state index >= 15 is 0 Å². The molecule has 0 unspecified atom stereocenters. The van der Waals surface area contributed by atoms with E-state index in [0.29, 0.717) is 35.0 Å². The molecule has 3 heterocycles. The van der Waals surface area contributed by atoms with Gasteiger partial charge in [0.2, 0.25) is 0 Å². The van der Waals surface area contributed by atoms with Gasteiger partial charge < -0.3 is 20.1 Å². The number of fused-ring (bicyclic) bond motifs is 1. The van der Waals surface area contributed by atoms with Gasteiger partial charge in [0, 0.05) is 12.6 Å². The summed E-state index contributed by atoms with van der Waals surface area (Å²) >= 11 is 0. The molecule has 0 aromatic carbocycles. The lowest BCUT2D eigenvalue weighted by atomic mass is 9.91. The molecule has 30 heavy (non-hydrogen) atoms. The standard InChI is InChI=1S/C22H38N6O2/c1-6-8-16(4)30-21-25-19(23)18-20(26-21)28(22(24-18)29-5)12-7-9-17-10-13-27(14-11-17)15(2)3/h15-17H,6-14H2,1-5H3,(H2,23,25,26)/t16-/m0/s1. The third kappa shape index (κ3) is 5.33. The van der Waals surface area contributed by atoms with Crippen LogP contribution in [0.3, 0.4) is 0 Å². The zero-order valence-electron chi connectivity index (χ0n) is 19.2. The van der Waals surface area contributed by atoms with Gasteiger partial charge in [-0.15, -0.1) is 0 Å². The Kier molecular flexibility index (Phi) is 7.75. The summed E-state index contributed by atoms with van der Waals surface area (Å²) in [6.07, 6.45) is 6.85. The second kappa shape index (κ2) is 10.3. The minimum atomic E-state index is 0.0434. The summed E-state index contributed by atoms with van der Waals surface area (Å²) in [5.41, 5.74) is 7.42. The molecular formula is C22H38N6O2. The first-order chi connectivity index (χ1) is 14.4. The summed E-state index contributed by atoms with van der Waals surface area (Å²) in [7, 11) is 1.63. The SMILES string of the molecule is CCC[C@H](C)Oc1nc(N)c2nc(OC)n(CCCC3CCN(C(C)C)CC3)c2n1. The Balaban J connectivity index is 1.68. The molecule has 0 radical (unpaired) electrons. The van der Waals surface area contributed by atoms with Crippen LogP contribution in [0.2, 0.25) is 0 Å². The summed E-state index contributed by atoms with van der Waals surface area (Å²) in [4.78, 5) is 16.0. The number of ether oxygens (including phenoxy) is 2. The number of aryl methyl sites for hydroxylation is 1. The molecule has 1 aliphatic rings. The smallest absolute Gasteiger partial charge is 0.320 e. The molecule has 1 atom stereocenters. The summed E-state index contributed by atoms with van der Waals surface area (Å²) < 4.78 is 13.4. The van der Waals surface area contributed by atoms with E-state index in [0.717, 1.165) is 31.7 Å². The van der Waals surface area contributed by atoms with Gasteiger partial charge in [-0.2, -0.15) is 15.0 Å². The number of piperidine rings is 1. The second-order valence-electron chi connectivity index (χ2n) is 8.75. The summed E-state index contributed by atoms with van der Waals surface area (Å²) in [6, 6.07) is 1.49. The summed E-state index contributed by atoms with van der Waals surface area (Å²) in [5, 5.41) is 0. The number of rotatable bonds is 10. The van der Waals surface area contributed by atoms with E-state index < -0.39 is 0 Å². The number of nitrogen functional groups attached to an aromatic ring is 1. The zero-order chi connectivity index (χ0) is 21.7. The van der Waals surface area contributed by atoms with Crippen LogP contribution in [0.1, 0.15) is 66.2 Å². The van der Waals surface area contributed by atoms with Crippen LogP contribution in [-0.4, -0.2) is 56.8 Å². The van der Waals surface area contributed by atoms with Gasteiger partial charge in [-0.1, -0.05) is 13.3 Å². The van der Waals surface area contributed by atoms with Gasteiger partial charge in [-0.05, 0) is 71.9 Å². The quantitative estimate of drug-likeness (QED) is 0.626. The molecular weight excluding hydrogens is 380 g/mol. The number of imidazole rings is 1. The second-order valence-corrected chi connectivity index (χ2v) is 8.75. The molecule has 0 amide bonds. The Morgan fingerprint density at radius 3 is 2.50 bits per heavy atom. The Morgan fingerprint density at radius 1 is 1.13 bits per heavy atom. The predicted octanol–water partition coefficient (Wildman–Crippen LogP) is 3.89. The largest absolute Gasteiger partial charge is 0.468 e. The van der Waals surface area contributed by atoms with Gasteiger partial charge in [-0.3, -0.25) is 4.57 Å². The van der Waals surface area contributed by atoms with Crippen LogP contribution in [0.25, 0.3) is 11.2 Å². The van der Waals surface area contributed by atoms with E-state index in [-0.39, 0.29) is 6.10 Å². The average molecular weight is 419 g/mol. The molecule has 168 valence electrons. The highest BCUT2D eigenvalue weighted by atomic mass is 16.5. The molecule has 0 bridgehead atoms. The number of aromatic nitrogens is 4. The lowest BCUT2D eigenvalue weighted by molar-refractivity contribution is 0.144. The molecule has 0 spiro atoms. The van der Waals surface area contributed by atoms with E-state index in [1.165, 1.54) is 32.4 Å². The fraction of sp³-hybridized carbons (Fsp3) is 0.773. The molecule has 1 fully saturated rings. The summed E-state index contributed by atoms with van der Waals surface area (Å²) in [6.45, 7) is 11.9. The number of hydrogen-bond acceptors (Lipinski definition) is 7. The Bertz CT molecular complexity index is 814. The average Bonchev–Trinajstić information content (AvgIpc) is 3.07. The molecule has 3 rings (SSSR count). The first-order valence-electron chi connectivity index (χ1n) is 11.4. The van der Waals surface area contributed by atoms with Crippen molar-refractivity contribution in [3.63, 3.8) is 0 Å². The highest BCUT2D eigenvalue weighted by Crippen LogP contribution is 2.28. The molecule has 1 saturated heterocycles. The third-order valence-electron chi connectivity index (χ3n) is 6.12. The van der Waals surface area contributed by atoms with Crippen LogP contribution in [-0.2, 0) is 6.54 Å². The number of nitrogens with zero attached hydrogens (tertiary/aromatic N) is 5. The van der Waals surface area contributed by atoms with Crippen molar-refractivity contribution in [2.45, 2.75) is 84.9 Å². The topological polar surface area (TPSA) is 91.3 Å². The van der Waals surface area contributed by atoms with Crippen LogP contribution in [0.15, 0.2) is 0 Å². The minimum Gasteiger partial charge on any atom is -0.468 e. The van der Waals surface area contributed by atoms with Crippen LogP contribution in [0, 0.1) is 5.92 Å². The molecule has 2 aromatic heterocycles. The molecule has 0 aliphatic carbocycles. The van der Waals surface area contributed by atoms with Gasteiger partial charge in [0.1, 0.15) is 0 Å². The first kappa shape index (κ1) is 22.6. The maximum Gasteiger partial charge on any atom is 0.320 e. The fourth-order valence-corrected chi connectivity index (χ4v) is 4.33. The Morgan fingerprint density at radius 2 is 1.87 bits per heavy atom. The van der Waals surface area contributed by atoms with Gasteiger partial charge in [0.05, 0.1) is 13.2 Å². The normalized spacial score (nSPS) is 17.0. The Labute approximate surface area is 180 Å². The lowest BCUT2D eigenvalue weighted by Crippen LogP contribution is -2.38. The number of likely N-dealkylation sites (tertiary alicyclic amines) is 1. The molecule has 8 heteroatoms. The van der Waals surface area contributed by atoms with Crippen molar-refractivity contribution in [3.05, 3.63) is 0 Å². The number of hydrogen-bond donors (Lipinski definition) is 1. The summed E-state index contributed by atoms with van der Waals surface area (Å²) in [5.74, 6) is 1.12. The highest BCUT2D eigenvalue weighted by molar-refractivity contribution is 5.83. The maximum atomic E-state index is 6.16. The molecule has 0 saturated carbocycles. The van der Waals surface area contributed by atoms with Crippen molar-refractivity contribution >= 4 is 17.0 Å². The van der Waals surface area contributed by atoms with Crippen LogP contribution >= 0.6 is 0 Å². The van der Waals surface area contributed by atoms with E-state index in [9.17, 15) is 0 Å². The lowest BCUT2D eigenvalue weighted by Gasteiger charge is -2.34. The molecule has 1 aliphatic heterocycles. The van der Waals surface area contributed by atoms with Gasteiger partial charge in [0.15, 0.2) is 17.0 Å². The highest BCUT2D eigenvalue weighted by Gasteiger charge is 2.22. The van der Waals surface area contributed by atoms with Gasteiger partial charge in [0.25, 0.3) is 6.01 Å². The van der Waals surface area contributed by atoms with Gasteiger partial charge in [-0.25, -0.2) is 0 Å². The van der Waals surface area contributed by atoms with Crippen LogP contribution in [0.4, 0.5) is 5.82 Å². The van der Waals surface area contributed by atoms with Crippen molar-refractivity contribution < 1.29 is 9.47 Å². The van der Waals surface area contributed by atoms with Crippen molar-refractivity contribution in [1.82, 2.24) is 24.4 Å². The van der Waals surface area contributed by atoms with E-state index in [4.69, 9.17) is 15.2 Å². The van der Waals surface area contributed by atoms with Crippen molar-refractivity contribution in [2.24, 2.45) is 5.92 Å². The Hall–Kier alpha value is -2.09. The molecule has 8 nitrogen and oxygen atoms in total. The van der Waals surface area contributed by atoms with E-state index in [1.807, 2.05) is 11.5 Å². The van der Waals surface area contributed by atoms with Crippen LogP contribution in [0.5, 0.6) is 12.0 Å². The van der Waals surface area contributed by atoms with Crippen molar-refractivity contribution in [3.8, 4) is 12.0 Å². The van der Waals surface area contributed by atoms with E-state index in [1.54, 1.807) is 7.11 Å². The fourth-order valence-electron chi connectivity index (χ4n) is 4.33. The van der Waals surface area contributed by atoms with Crippen molar-refractivity contribution in [2.75, 3.05) is 25.9 Å². The first-order valence-corrected chi connectivity index (χ1v) is 11.4.